The lowest BCUT2D eigenvalue weighted by atomic mass is 10.2. The number of hydrogen-bond donors (Lipinski definition) is 0. The van der Waals surface area contributed by atoms with Crippen molar-refractivity contribution in [2.24, 2.45) is 0 Å². The maximum Gasteiger partial charge on any atom is 0.271 e. The van der Waals surface area contributed by atoms with Crippen molar-refractivity contribution in [1.82, 2.24) is 0 Å². The van der Waals surface area contributed by atoms with Crippen molar-refractivity contribution in [3.8, 4) is 0 Å². The summed E-state index contributed by atoms with van der Waals surface area (Å²) in [6.45, 7) is -1.16. The zero-order chi connectivity index (χ0) is 13.1. The molecular weight excluding hydrogens is 297 g/mol. The second-order valence-electron chi connectivity index (χ2n) is 3.11. The highest BCUT2D eigenvalue weighted by molar-refractivity contribution is 7.85. The molecule has 0 aromatic heterocycles. The summed E-state index contributed by atoms with van der Waals surface area (Å²) >= 11 is 11.4. The highest BCUT2D eigenvalue weighted by Gasteiger charge is 2.17. The molecule has 96 valence electrons. The molecule has 0 unspecified atom stereocenters. The Bertz CT molecular complexity index is 491. The standard InChI is InChI=1S/C9H8Cl2F2O3S/c10-7-2-1-6(8(11)3-7)5-17(14,15)16-4-9(12)13/h1-3,9H,4-5H2. The molecule has 0 spiro atoms. The first-order valence-electron chi connectivity index (χ1n) is 4.39. The zero-order valence-electron chi connectivity index (χ0n) is 8.37. The Morgan fingerprint density at radius 3 is 2.47 bits per heavy atom. The van der Waals surface area contributed by atoms with E-state index in [-0.39, 0.29) is 10.6 Å². The van der Waals surface area contributed by atoms with Gasteiger partial charge < -0.3 is 0 Å². The highest BCUT2D eigenvalue weighted by atomic mass is 35.5. The van der Waals surface area contributed by atoms with Crippen molar-refractivity contribution in [1.29, 1.82) is 0 Å². The number of benzene rings is 1. The van der Waals surface area contributed by atoms with Gasteiger partial charge in [-0.25, -0.2) is 8.78 Å². The molecule has 1 rings (SSSR count). The highest BCUT2D eigenvalue weighted by Crippen LogP contribution is 2.23. The molecule has 0 radical (unpaired) electrons. The minimum absolute atomic E-state index is 0.140. The molecule has 0 atom stereocenters. The topological polar surface area (TPSA) is 43.4 Å². The van der Waals surface area contributed by atoms with Crippen molar-refractivity contribution in [3.63, 3.8) is 0 Å². The summed E-state index contributed by atoms with van der Waals surface area (Å²) in [6, 6.07) is 4.21. The van der Waals surface area contributed by atoms with E-state index in [4.69, 9.17) is 23.2 Å². The molecule has 0 saturated heterocycles. The van der Waals surface area contributed by atoms with Gasteiger partial charge in [0.25, 0.3) is 16.5 Å². The lowest BCUT2D eigenvalue weighted by Crippen LogP contribution is -2.14. The van der Waals surface area contributed by atoms with E-state index in [9.17, 15) is 17.2 Å². The van der Waals surface area contributed by atoms with E-state index in [2.05, 4.69) is 4.18 Å². The Hall–Kier alpha value is -0.430. The molecule has 0 saturated carbocycles. The monoisotopic (exact) mass is 304 g/mol. The minimum Gasteiger partial charge on any atom is -0.264 e. The molecule has 0 bridgehead atoms. The Morgan fingerprint density at radius 2 is 1.94 bits per heavy atom. The summed E-state index contributed by atoms with van der Waals surface area (Å²) in [6.07, 6.45) is -2.84. The Morgan fingerprint density at radius 1 is 1.29 bits per heavy atom. The van der Waals surface area contributed by atoms with Crippen LogP contribution in [-0.4, -0.2) is 21.5 Å². The fraction of sp³-hybridized carbons (Fsp3) is 0.333. The molecule has 0 heterocycles. The molecular formula is C9H8Cl2F2O3S. The average Bonchev–Trinajstić information content (AvgIpc) is 2.20. The van der Waals surface area contributed by atoms with Gasteiger partial charge in [-0.3, -0.25) is 4.18 Å². The van der Waals surface area contributed by atoms with E-state index in [1.807, 2.05) is 0 Å². The first-order chi connectivity index (χ1) is 7.80. The summed E-state index contributed by atoms with van der Waals surface area (Å²) in [4.78, 5) is 0. The van der Waals surface area contributed by atoms with E-state index in [1.54, 1.807) is 0 Å². The fourth-order valence-corrected chi connectivity index (χ4v) is 2.61. The maximum absolute atomic E-state index is 11.8. The quantitative estimate of drug-likeness (QED) is 0.785. The van der Waals surface area contributed by atoms with Crippen molar-refractivity contribution in [2.45, 2.75) is 12.2 Å². The van der Waals surface area contributed by atoms with Crippen LogP contribution in [0.2, 0.25) is 10.0 Å². The predicted octanol–water partition coefficient (Wildman–Crippen LogP) is 3.10. The van der Waals surface area contributed by atoms with E-state index in [0.29, 0.717) is 5.02 Å². The third kappa shape index (κ3) is 5.16. The van der Waals surface area contributed by atoms with Gasteiger partial charge in [0.1, 0.15) is 12.4 Å². The number of hydrogen-bond acceptors (Lipinski definition) is 3. The van der Waals surface area contributed by atoms with E-state index < -0.39 is 28.9 Å². The van der Waals surface area contributed by atoms with Crippen LogP contribution < -0.4 is 0 Å². The normalized spacial score (nSPS) is 12.1. The molecule has 3 nitrogen and oxygen atoms in total. The van der Waals surface area contributed by atoms with Crippen LogP contribution in [-0.2, 0) is 20.1 Å². The third-order valence-electron chi connectivity index (χ3n) is 1.72. The molecule has 17 heavy (non-hydrogen) atoms. The summed E-state index contributed by atoms with van der Waals surface area (Å²) in [5.41, 5.74) is 0.241. The average molecular weight is 305 g/mol. The first kappa shape index (κ1) is 14.6. The molecule has 8 heteroatoms. The Balaban J connectivity index is 2.76. The molecule has 1 aromatic rings. The smallest absolute Gasteiger partial charge is 0.264 e. The second-order valence-corrected chi connectivity index (χ2v) is 5.60. The van der Waals surface area contributed by atoms with E-state index in [0.717, 1.165) is 0 Å². The van der Waals surface area contributed by atoms with Crippen LogP contribution in [0.25, 0.3) is 0 Å². The minimum atomic E-state index is -4.07. The number of alkyl halides is 2. The lowest BCUT2D eigenvalue weighted by Gasteiger charge is -2.06. The molecule has 0 aliphatic carbocycles. The van der Waals surface area contributed by atoms with Gasteiger partial charge in [0.05, 0.1) is 0 Å². The molecule has 0 aliphatic heterocycles. The third-order valence-corrected chi connectivity index (χ3v) is 3.47. The van der Waals surface area contributed by atoms with Crippen molar-refractivity contribution < 1.29 is 21.4 Å². The van der Waals surface area contributed by atoms with Crippen LogP contribution in [0, 0.1) is 0 Å². The SMILES string of the molecule is O=S(=O)(Cc1ccc(Cl)cc1Cl)OCC(F)F. The Labute approximate surface area is 107 Å². The largest absolute Gasteiger partial charge is 0.271 e. The van der Waals surface area contributed by atoms with Crippen molar-refractivity contribution in [3.05, 3.63) is 33.8 Å². The molecule has 1 aromatic carbocycles. The van der Waals surface area contributed by atoms with Crippen LogP contribution in [0.3, 0.4) is 0 Å². The van der Waals surface area contributed by atoms with Gasteiger partial charge in [0, 0.05) is 10.0 Å². The Kier molecular flexibility index (Phi) is 5.12. The van der Waals surface area contributed by atoms with Crippen LogP contribution in [0.1, 0.15) is 5.56 Å². The van der Waals surface area contributed by atoms with Gasteiger partial charge in [-0.1, -0.05) is 29.3 Å². The maximum atomic E-state index is 11.8. The predicted molar refractivity (Wildman–Crippen MR) is 61.0 cm³/mol. The van der Waals surface area contributed by atoms with Gasteiger partial charge in [0.2, 0.25) is 0 Å². The van der Waals surface area contributed by atoms with Crippen LogP contribution >= 0.6 is 23.2 Å². The molecule has 0 amide bonds. The van der Waals surface area contributed by atoms with Crippen LogP contribution in [0.4, 0.5) is 8.78 Å². The van der Waals surface area contributed by atoms with Gasteiger partial charge in [-0.2, -0.15) is 8.42 Å². The second kappa shape index (κ2) is 5.95. The van der Waals surface area contributed by atoms with E-state index in [1.165, 1.54) is 18.2 Å². The van der Waals surface area contributed by atoms with Crippen molar-refractivity contribution in [2.75, 3.05) is 6.61 Å². The number of rotatable bonds is 5. The van der Waals surface area contributed by atoms with Gasteiger partial charge >= 0.3 is 0 Å². The van der Waals surface area contributed by atoms with Gasteiger partial charge in [0.15, 0.2) is 0 Å². The van der Waals surface area contributed by atoms with Crippen LogP contribution in [0.5, 0.6) is 0 Å². The summed E-state index contributed by atoms with van der Waals surface area (Å²) < 4.78 is 50.3. The summed E-state index contributed by atoms with van der Waals surface area (Å²) in [5, 5.41) is 0.492. The van der Waals surface area contributed by atoms with Gasteiger partial charge in [-0.15, -0.1) is 0 Å². The van der Waals surface area contributed by atoms with Crippen LogP contribution in [0.15, 0.2) is 18.2 Å². The number of halogens is 4. The van der Waals surface area contributed by atoms with Gasteiger partial charge in [-0.05, 0) is 17.7 Å². The summed E-state index contributed by atoms with van der Waals surface area (Å²) in [7, 11) is -4.07. The van der Waals surface area contributed by atoms with Crippen molar-refractivity contribution >= 4 is 33.3 Å². The molecule has 0 fully saturated rings. The molecule has 0 N–H and O–H groups in total. The zero-order valence-corrected chi connectivity index (χ0v) is 10.7. The van der Waals surface area contributed by atoms with E-state index >= 15 is 0 Å². The first-order valence-corrected chi connectivity index (χ1v) is 6.72. The fourth-order valence-electron chi connectivity index (χ4n) is 1.03. The summed E-state index contributed by atoms with van der Waals surface area (Å²) in [5.74, 6) is -0.574. The molecule has 0 aliphatic rings. The lowest BCUT2D eigenvalue weighted by molar-refractivity contribution is 0.0847.